The number of morpholine rings is 1. The number of anilines is 1. The Morgan fingerprint density at radius 1 is 1.17 bits per heavy atom. The summed E-state index contributed by atoms with van der Waals surface area (Å²) in [6.45, 7) is 1.47. The van der Waals surface area contributed by atoms with Crippen molar-refractivity contribution in [2.75, 3.05) is 37.7 Å². The molecule has 2 saturated heterocycles. The van der Waals surface area contributed by atoms with E-state index >= 15 is 0 Å². The molecule has 0 radical (unpaired) electrons. The van der Waals surface area contributed by atoms with Crippen molar-refractivity contribution in [1.82, 2.24) is 4.31 Å². The van der Waals surface area contributed by atoms with Crippen LogP contribution in [-0.2, 0) is 24.3 Å². The van der Waals surface area contributed by atoms with Gasteiger partial charge in [0.1, 0.15) is 0 Å². The third-order valence-corrected chi connectivity index (χ3v) is 6.14. The van der Waals surface area contributed by atoms with Crippen molar-refractivity contribution in [3.63, 3.8) is 0 Å². The summed E-state index contributed by atoms with van der Waals surface area (Å²) >= 11 is 0. The number of sulfonamides is 1. The number of carboxylic acid groups (broad SMARTS) is 1. The molecule has 0 saturated carbocycles. The van der Waals surface area contributed by atoms with E-state index in [1.807, 2.05) is 0 Å². The zero-order valence-corrected chi connectivity index (χ0v) is 13.7. The largest absolute Gasteiger partial charge is 0.481 e. The molecule has 1 amide bonds. The zero-order valence-electron chi connectivity index (χ0n) is 12.9. The van der Waals surface area contributed by atoms with E-state index in [0.717, 1.165) is 0 Å². The van der Waals surface area contributed by atoms with Gasteiger partial charge in [0.05, 0.1) is 24.0 Å². The lowest BCUT2D eigenvalue weighted by Crippen LogP contribution is -2.40. The van der Waals surface area contributed by atoms with Gasteiger partial charge in [-0.15, -0.1) is 0 Å². The highest BCUT2D eigenvalue weighted by Crippen LogP contribution is 2.27. The zero-order chi connectivity index (χ0) is 17.3. The molecule has 0 aromatic heterocycles. The summed E-state index contributed by atoms with van der Waals surface area (Å²) < 4.78 is 31.6. The fourth-order valence-corrected chi connectivity index (χ4v) is 4.26. The average Bonchev–Trinajstić information content (AvgIpc) is 2.98. The Morgan fingerprint density at radius 3 is 2.33 bits per heavy atom. The van der Waals surface area contributed by atoms with Crippen LogP contribution in [0.25, 0.3) is 0 Å². The Kier molecular flexibility index (Phi) is 4.57. The van der Waals surface area contributed by atoms with E-state index in [4.69, 9.17) is 9.84 Å². The Bertz CT molecular complexity index is 740. The van der Waals surface area contributed by atoms with Gasteiger partial charge in [-0.3, -0.25) is 9.59 Å². The molecule has 24 heavy (non-hydrogen) atoms. The summed E-state index contributed by atoms with van der Waals surface area (Å²) in [6, 6.07) is 5.97. The van der Waals surface area contributed by atoms with Gasteiger partial charge in [0, 0.05) is 31.7 Å². The Morgan fingerprint density at radius 2 is 1.79 bits per heavy atom. The van der Waals surface area contributed by atoms with Gasteiger partial charge in [-0.05, 0) is 24.3 Å². The van der Waals surface area contributed by atoms with Gasteiger partial charge in [-0.1, -0.05) is 0 Å². The lowest BCUT2D eigenvalue weighted by Gasteiger charge is -2.26. The maximum Gasteiger partial charge on any atom is 0.308 e. The number of carboxylic acids is 1. The molecule has 8 nitrogen and oxygen atoms in total. The number of hydrogen-bond acceptors (Lipinski definition) is 5. The fraction of sp³-hybridized carbons (Fsp3) is 0.467. The molecule has 1 atom stereocenters. The molecule has 0 bridgehead atoms. The average molecular weight is 354 g/mol. The smallest absolute Gasteiger partial charge is 0.308 e. The topological polar surface area (TPSA) is 104 Å². The van der Waals surface area contributed by atoms with Crippen LogP contribution in [0.4, 0.5) is 5.69 Å². The first-order valence-electron chi connectivity index (χ1n) is 7.61. The van der Waals surface area contributed by atoms with Crippen LogP contribution in [0.1, 0.15) is 6.42 Å². The minimum absolute atomic E-state index is 0.0385. The van der Waals surface area contributed by atoms with E-state index in [1.165, 1.54) is 33.5 Å². The highest BCUT2D eigenvalue weighted by molar-refractivity contribution is 7.89. The second kappa shape index (κ2) is 6.50. The molecule has 2 aliphatic heterocycles. The quantitative estimate of drug-likeness (QED) is 0.825. The van der Waals surface area contributed by atoms with Crippen molar-refractivity contribution in [3.05, 3.63) is 24.3 Å². The molecule has 1 N–H and O–H groups in total. The summed E-state index contributed by atoms with van der Waals surface area (Å²) in [6.07, 6.45) is -0.0385. The van der Waals surface area contributed by atoms with Gasteiger partial charge in [0.15, 0.2) is 0 Å². The van der Waals surface area contributed by atoms with Crippen LogP contribution in [-0.4, -0.2) is 62.6 Å². The van der Waals surface area contributed by atoms with Crippen molar-refractivity contribution in [3.8, 4) is 0 Å². The van der Waals surface area contributed by atoms with E-state index < -0.39 is 21.9 Å². The minimum Gasteiger partial charge on any atom is -0.481 e. The van der Waals surface area contributed by atoms with Crippen LogP contribution < -0.4 is 4.90 Å². The second-order valence-corrected chi connectivity index (χ2v) is 7.69. The Labute approximate surface area is 139 Å². The van der Waals surface area contributed by atoms with Crippen LogP contribution in [0.2, 0.25) is 0 Å². The third-order valence-electron chi connectivity index (χ3n) is 4.23. The van der Waals surface area contributed by atoms with E-state index in [0.29, 0.717) is 32.0 Å². The van der Waals surface area contributed by atoms with Gasteiger partial charge in [0.2, 0.25) is 15.9 Å². The predicted octanol–water partition coefficient (Wildman–Crippen LogP) is 0.145. The van der Waals surface area contributed by atoms with Crippen molar-refractivity contribution in [2.45, 2.75) is 11.3 Å². The summed E-state index contributed by atoms with van der Waals surface area (Å²) in [7, 11) is -3.58. The molecular weight excluding hydrogens is 336 g/mol. The minimum atomic E-state index is -3.58. The van der Waals surface area contributed by atoms with Crippen molar-refractivity contribution >= 4 is 27.6 Å². The first-order chi connectivity index (χ1) is 11.4. The van der Waals surface area contributed by atoms with Gasteiger partial charge in [-0.2, -0.15) is 4.31 Å². The molecule has 2 heterocycles. The van der Waals surface area contributed by atoms with Crippen LogP contribution in [0.3, 0.4) is 0 Å². The molecule has 2 aliphatic rings. The number of rotatable bonds is 4. The van der Waals surface area contributed by atoms with Gasteiger partial charge in [-0.25, -0.2) is 8.42 Å². The van der Waals surface area contributed by atoms with Crippen molar-refractivity contribution in [1.29, 1.82) is 0 Å². The van der Waals surface area contributed by atoms with Crippen molar-refractivity contribution in [2.24, 2.45) is 5.92 Å². The monoisotopic (exact) mass is 354 g/mol. The second-order valence-electron chi connectivity index (χ2n) is 5.75. The maximum atomic E-state index is 12.5. The summed E-state index contributed by atoms with van der Waals surface area (Å²) in [4.78, 5) is 24.5. The number of amides is 1. The highest BCUT2D eigenvalue weighted by atomic mass is 32.2. The molecule has 1 aromatic carbocycles. The molecule has 1 unspecified atom stereocenters. The maximum absolute atomic E-state index is 12.5. The highest BCUT2D eigenvalue weighted by Gasteiger charge is 2.35. The molecular formula is C15H18N2O6S. The van der Waals surface area contributed by atoms with Crippen molar-refractivity contribution < 1.29 is 27.9 Å². The summed E-state index contributed by atoms with van der Waals surface area (Å²) in [5.41, 5.74) is 0.504. The number of ether oxygens (including phenoxy) is 1. The standard InChI is InChI=1S/C15H18N2O6S/c18-14-9-11(15(19)20)10-17(14)12-1-3-13(4-2-12)24(21,22)16-5-7-23-8-6-16/h1-4,11H,5-10H2,(H,19,20). The SMILES string of the molecule is O=C(O)C1CC(=O)N(c2ccc(S(=O)(=O)N3CCOCC3)cc2)C1. The summed E-state index contributed by atoms with van der Waals surface area (Å²) in [5.74, 6) is -2.00. The van der Waals surface area contributed by atoms with Crippen LogP contribution in [0, 0.1) is 5.92 Å². The van der Waals surface area contributed by atoms with Crippen LogP contribution in [0.5, 0.6) is 0 Å². The normalized spacial score (nSPS) is 22.8. The fourth-order valence-electron chi connectivity index (χ4n) is 2.86. The van der Waals surface area contributed by atoms with E-state index in [1.54, 1.807) is 0 Å². The lowest BCUT2D eigenvalue weighted by molar-refractivity contribution is -0.141. The number of hydrogen-bond donors (Lipinski definition) is 1. The van der Waals surface area contributed by atoms with Crippen LogP contribution in [0.15, 0.2) is 29.2 Å². The molecule has 1 aromatic rings. The summed E-state index contributed by atoms with van der Waals surface area (Å²) in [5, 5.41) is 9.02. The molecule has 130 valence electrons. The molecule has 0 spiro atoms. The lowest BCUT2D eigenvalue weighted by atomic mass is 10.1. The first-order valence-corrected chi connectivity index (χ1v) is 9.05. The Balaban J connectivity index is 1.78. The van der Waals surface area contributed by atoms with Gasteiger partial charge < -0.3 is 14.7 Å². The number of aliphatic carboxylic acids is 1. The number of benzene rings is 1. The molecule has 3 rings (SSSR count). The van der Waals surface area contributed by atoms with Crippen LogP contribution >= 0.6 is 0 Å². The van der Waals surface area contributed by atoms with E-state index in [9.17, 15) is 18.0 Å². The van der Waals surface area contributed by atoms with E-state index in [-0.39, 0.29) is 23.8 Å². The number of carbonyl (C=O) groups excluding carboxylic acids is 1. The van der Waals surface area contributed by atoms with E-state index in [2.05, 4.69) is 0 Å². The van der Waals surface area contributed by atoms with Gasteiger partial charge in [0.25, 0.3) is 0 Å². The molecule has 0 aliphatic carbocycles. The first kappa shape index (κ1) is 16.9. The third kappa shape index (κ3) is 3.14. The molecule has 9 heteroatoms. The number of nitrogens with zero attached hydrogens (tertiary/aromatic N) is 2. The predicted molar refractivity (Wildman–Crippen MR) is 84.1 cm³/mol. The van der Waals surface area contributed by atoms with Gasteiger partial charge >= 0.3 is 5.97 Å². The molecule has 2 fully saturated rings. The number of carbonyl (C=O) groups is 2. The Hall–Kier alpha value is -1.97.